The quantitative estimate of drug-likeness (QED) is 0.0218. The molecule has 8 nitrogen and oxygen atoms in total. The molecular weight excluding hydrogens is 613 g/mol. The smallest absolute Gasteiger partial charge is 0.472 e. The molecule has 0 saturated carbocycles. The third kappa shape index (κ3) is 35.9. The number of ether oxygens (including phenoxy) is 2. The van der Waals surface area contributed by atoms with E-state index in [0.29, 0.717) is 6.42 Å². The first kappa shape index (κ1) is 45.8. The number of carbonyl (C=O) groups is 1. The Morgan fingerprint density at radius 2 is 1.09 bits per heavy atom. The summed E-state index contributed by atoms with van der Waals surface area (Å²) in [4.78, 5) is 22.3. The van der Waals surface area contributed by atoms with Crippen LogP contribution in [0.5, 0.6) is 0 Å². The molecule has 9 heteroatoms. The highest BCUT2D eigenvalue weighted by atomic mass is 31.2. The van der Waals surface area contributed by atoms with Crippen molar-refractivity contribution in [3.8, 4) is 0 Å². The van der Waals surface area contributed by atoms with Crippen LogP contribution >= 0.6 is 7.82 Å². The van der Waals surface area contributed by atoms with Crippen LogP contribution in [0, 0.1) is 0 Å². The lowest BCUT2D eigenvalue weighted by atomic mass is 10.0. The maximum Gasteiger partial charge on any atom is 0.472 e. The molecule has 0 radical (unpaired) electrons. The van der Waals surface area contributed by atoms with Crippen molar-refractivity contribution in [2.45, 2.75) is 187 Å². The molecule has 0 aromatic carbocycles. The van der Waals surface area contributed by atoms with Gasteiger partial charge in [-0.05, 0) is 51.0 Å². The van der Waals surface area contributed by atoms with Crippen LogP contribution in [0.1, 0.15) is 181 Å². The lowest BCUT2D eigenvalue weighted by molar-refractivity contribution is -0.153. The monoisotopic (exact) mass is 688 g/mol. The third-order valence-corrected chi connectivity index (χ3v) is 9.17. The van der Waals surface area contributed by atoms with E-state index < -0.39 is 13.9 Å². The molecule has 0 rings (SSSR count). The SMILES string of the molecule is CCCCCCCC/C=C\CCCCCC/C=C\OC[C@H](COP(=O)(O)OCCN)OC(=O)CCCCCCCCCCCCCC. The van der Waals surface area contributed by atoms with E-state index in [1.807, 2.05) is 6.08 Å². The zero-order valence-electron chi connectivity index (χ0n) is 30.5. The number of carbonyl (C=O) groups excluding carboxylic acids is 1. The molecule has 0 aliphatic rings. The second kappa shape index (κ2) is 36.1. The van der Waals surface area contributed by atoms with Gasteiger partial charge in [-0.3, -0.25) is 13.8 Å². The Morgan fingerprint density at radius 3 is 1.57 bits per heavy atom. The summed E-state index contributed by atoms with van der Waals surface area (Å²) in [5, 5.41) is 0. The summed E-state index contributed by atoms with van der Waals surface area (Å²) >= 11 is 0. The van der Waals surface area contributed by atoms with E-state index in [1.165, 1.54) is 122 Å². The van der Waals surface area contributed by atoms with E-state index in [9.17, 15) is 14.3 Å². The molecule has 0 heterocycles. The third-order valence-electron chi connectivity index (χ3n) is 8.19. The fraction of sp³-hybridized carbons (Fsp3) is 0.868. The number of rotatable bonds is 37. The molecule has 1 unspecified atom stereocenters. The molecule has 0 amide bonds. The summed E-state index contributed by atoms with van der Waals surface area (Å²) in [6, 6.07) is 0. The first-order valence-corrected chi connectivity index (χ1v) is 20.9. The van der Waals surface area contributed by atoms with Crippen LogP contribution in [0.25, 0.3) is 0 Å². The van der Waals surface area contributed by atoms with Gasteiger partial charge in [0.25, 0.3) is 0 Å². The molecule has 47 heavy (non-hydrogen) atoms. The second-order valence-corrected chi connectivity index (χ2v) is 14.3. The van der Waals surface area contributed by atoms with E-state index in [1.54, 1.807) is 6.26 Å². The molecule has 278 valence electrons. The molecule has 2 atom stereocenters. The highest BCUT2D eigenvalue weighted by molar-refractivity contribution is 7.47. The Labute approximate surface area is 289 Å². The van der Waals surface area contributed by atoms with Crippen molar-refractivity contribution < 1.29 is 32.8 Å². The molecule has 3 N–H and O–H groups in total. The van der Waals surface area contributed by atoms with Gasteiger partial charge in [0, 0.05) is 13.0 Å². The van der Waals surface area contributed by atoms with Crippen molar-refractivity contribution in [2.75, 3.05) is 26.4 Å². The molecular formula is C38H74NO7P. The summed E-state index contributed by atoms with van der Waals surface area (Å²) in [7, 11) is -4.28. The van der Waals surface area contributed by atoms with E-state index in [0.717, 1.165) is 38.5 Å². The van der Waals surface area contributed by atoms with Gasteiger partial charge in [-0.2, -0.15) is 0 Å². The van der Waals surface area contributed by atoms with Crippen molar-refractivity contribution in [1.29, 1.82) is 0 Å². The van der Waals surface area contributed by atoms with Crippen LogP contribution in [0.4, 0.5) is 0 Å². The highest BCUT2D eigenvalue weighted by Gasteiger charge is 2.25. The fourth-order valence-corrected chi connectivity index (χ4v) is 6.07. The van der Waals surface area contributed by atoms with Gasteiger partial charge in [-0.15, -0.1) is 0 Å². The Morgan fingerprint density at radius 1 is 0.638 bits per heavy atom. The summed E-state index contributed by atoms with van der Waals surface area (Å²) in [5.74, 6) is -0.355. The van der Waals surface area contributed by atoms with E-state index in [4.69, 9.17) is 24.3 Å². The van der Waals surface area contributed by atoms with Crippen LogP contribution in [0.3, 0.4) is 0 Å². The lowest BCUT2D eigenvalue weighted by Gasteiger charge is -2.19. The summed E-state index contributed by atoms with van der Waals surface area (Å²) in [6.45, 7) is 4.22. The molecule has 0 bridgehead atoms. The standard InChI is InChI=1S/C38H74NO7P/c1-3-5-7-9-11-13-15-17-18-19-20-22-24-26-28-30-33-43-35-37(36-45-47(41,42)44-34-32-39)46-38(40)31-29-27-25-23-21-16-14-12-10-8-6-4-2/h17-18,30,33,37H,3-16,19-29,31-32,34-36,39H2,1-2H3,(H,41,42)/b18-17-,33-30-/t37-/m1/s1. The van der Waals surface area contributed by atoms with Crippen LogP contribution in [0.15, 0.2) is 24.5 Å². The maximum atomic E-state index is 12.5. The Balaban J connectivity index is 4.14. The number of allylic oxidation sites excluding steroid dienone is 3. The molecule has 0 fully saturated rings. The number of hydrogen-bond acceptors (Lipinski definition) is 7. The lowest BCUT2D eigenvalue weighted by Crippen LogP contribution is -2.27. The van der Waals surface area contributed by atoms with E-state index in [-0.39, 0.29) is 32.3 Å². The Hall–Kier alpha value is -1.18. The Kier molecular flexibility index (Phi) is 35.2. The zero-order chi connectivity index (χ0) is 34.5. The molecule has 0 aliphatic heterocycles. The zero-order valence-corrected chi connectivity index (χ0v) is 31.4. The van der Waals surface area contributed by atoms with Gasteiger partial charge in [0.2, 0.25) is 0 Å². The van der Waals surface area contributed by atoms with E-state index in [2.05, 4.69) is 26.0 Å². The van der Waals surface area contributed by atoms with E-state index >= 15 is 0 Å². The molecule has 0 saturated heterocycles. The minimum atomic E-state index is -4.28. The Bertz CT molecular complexity index is 777. The number of unbranched alkanes of at least 4 members (excludes halogenated alkanes) is 22. The summed E-state index contributed by atoms with van der Waals surface area (Å²) in [6.07, 6.45) is 38.5. The van der Waals surface area contributed by atoms with Crippen LogP contribution in [0.2, 0.25) is 0 Å². The van der Waals surface area contributed by atoms with Crippen molar-refractivity contribution in [3.05, 3.63) is 24.5 Å². The average Bonchev–Trinajstić information content (AvgIpc) is 3.06. The summed E-state index contributed by atoms with van der Waals surface area (Å²) in [5.41, 5.74) is 5.34. The first-order valence-electron chi connectivity index (χ1n) is 19.4. The average molecular weight is 688 g/mol. The minimum Gasteiger partial charge on any atom is -0.498 e. The van der Waals surface area contributed by atoms with Gasteiger partial charge in [-0.25, -0.2) is 4.57 Å². The number of nitrogens with two attached hydrogens (primary N) is 1. The largest absolute Gasteiger partial charge is 0.498 e. The van der Waals surface area contributed by atoms with Gasteiger partial charge < -0.3 is 20.1 Å². The number of phosphoric ester groups is 1. The van der Waals surface area contributed by atoms with Crippen LogP contribution in [-0.4, -0.2) is 43.3 Å². The van der Waals surface area contributed by atoms with Crippen molar-refractivity contribution in [3.63, 3.8) is 0 Å². The molecule has 0 spiro atoms. The molecule has 0 aromatic heterocycles. The van der Waals surface area contributed by atoms with Gasteiger partial charge in [0.05, 0.1) is 19.5 Å². The molecule has 0 aromatic rings. The second-order valence-electron chi connectivity index (χ2n) is 12.9. The van der Waals surface area contributed by atoms with Crippen LogP contribution < -0.4 is 5.73 Å². The van der Waals surface area contributed by atoms with Crippen molar-refractivity contribution in [2.24, 2.45) is 5.73 Å². The van der Waals surface area contributed by atoms with Crippen molar-refractivity contribution in [1.82, 2.24) is 0 Å². The van der Waals surface area contributed by atoms with Gasteiger partial charge in [0.1, 0.15) is 6.61 Å². The normalized spacial score (nSPS) is 13.8. The summed E-state index contributed by atoms with van der Waals surface area (Å²) < 4.78 is 33.0. The number of phosphoric acid groups is 1. The topological polar surface area (TPSA) is 117 Å². The van der Waals surface area contributed by atoms with Crippen LogP contribution in [-0.2, 0) is 27.9 Å². The number of esters is 1. The predicted octanol–water partition coefficient (Wildman–Crippen LogP) is 11.3. The van der Waals surface area contributed by atoms with Gasteiger partial charge in [0.15, 0.2) is 6.10 Å². The highest BCUT2D eigenvalue weighted by Crippen LogP contribution is 2.43. The minimum absolute atomic E-state index is 0.0304. The fourth-order valence-electron chi connectivity index (χ4n) is 5.31. The first-order chi connectivity index (χ1) is 22.9. The van der Waals surface area contributed by atoms with Gasteiger partial charge >= 0.3 is 13.8 Å². The molecule has 0 aliphatic carbocycles. The number of hydrogen-bond donors (Lipinski definition) is 2. The van der Waals surface area contributed by atoms with Crippen molar-refractivity contribution >= 4 is 13.8 Å². The maximum absolute atomic E-state index is 12.5. The van der Waals surface area contributed by atoms with Gasteiger partial charge in [-0.1, -0.05) is 142 Å². The predicted molar refractivity (Wildman–Crippen MR) is 196 cm³/mol.